The van der Waals surface area contributed by atoms with Crippen LogP contribution < -0.4 is 5.32 Å². The Bertz CT molecular complexity index is 323. The molecule has 17 heavy (non-hydrogen) atoms. The van der Waals surface area contributed by atoms with E-state index in [0.717, 1.165) is 26.1 Å². The van der Waals surface area contributed by atoms with Crippen LogP contribution in [-0.4, -0.2) is 30.6 Å². The van der Waals surface area contributed by atoms with Gasteiger partial charge in [0.05, 0.1) is 0 Å². The van der Waals surface area contributed by atoms with E-state index in [1.807, 2.05) is 0 Å². The average Bonchev–Trinajstić information content (AvgIpc) is 2.30. The Morgan fingerprint density at radius 2 is 1.88 bits per heavy atom. The molecular formula is C14H23ClN2. The van der Waals surface area contributed by atoms with E-state index in [0.29, 0.717) is 6.04 Å². The Morgan fingerprint density at radius 1 is 1.24 bits per heavy atom. The molecule has 0 aliphatic carbocycles. The van der Waals surface area contributed by atoms with Gasteiger partial charge in [-0.15, -0.1) is 12.4 Å². The number of hydrogen-bond acceptors (Lipinski definition) is 2. The SMILES string of the molecule is CCc1ccc(CN2CCNC(C)C2)cc1.Cl. The van der Waals surface area contributed by atoms with Gasteiger partial charge < -0.3 is 5.32 Å². The number of rotatable bonds is 3. The normalized spacial score (nSPS) is 20.9. The third kappa shape index (κ3) is 4.30. The summed E-state index contributed by atoms with van der Waals surface area (Å²) in [6, 6.07) is 9.67. The van der Waals surface area contributed by atoms with Crippen LogP contribution in [0.5, 0.6) is 0 Å². The molecule has 1 aromatic rings. The zero-order valence-electron chi connectivity index (χ0n) is 10.8. The van der Waals surface area contributed by atoms with Crippen molar-refractivity contribution in [3.63, 3.8) is 0 Å². The fourth-order valence-electron chi connectivity index (χ4n) is 2.29. The lowest BCUT2D eigenvalue weighted by Crippen LogP contribution is -2.48. The molecule has 0 spiro atoms. The molecule has 2 nitrogen and oxygen atoms in total. The van der Waals surface area contributed by atoms with Crippen molar-refractivity contribution in [2.75, 3.05) is 19.6 Å². The second kappa shape index (κ2) is 7.00. The van der Waals surface area contributed by atoms with E-state index >= 15 is 0 Å². The van der Waals surface area contributed by atoms with Crippen LogP contribution in [0.4, 0.5) is 0 Å². The molecule has 0 saturated carbocycles. The first-order valence-electron chi connectivity index (χ1n) is 6.31. The van der Waals surface area contributed by atoms with Gasteiger partial charge in [0.25, 0.3) is 0 Å². The Kier molecular flexibility index (Phi) is 5.96. The number of halogens is 1. The molecule has 1 aromatic carbocycles. The first kappa shape index (κ1) is 14.5. The molecule has 96 valence electrons. The fourth-order valence-corrected chi connectivity index (χ4v) is 2.29. The van der Waals surface area contributed by atoms with Crippen molar-refractivity contribution in [2.45, 2.75) is 32.9 Å². The molecule has 1 saturated heterocycles. The van der Waals surface area contributed by atoms with Gasteiger partial charge in [0.15, 0.2) is 0 Å². The number of nitrogens with zero attached hydrogens (tertiary/aromatic N) is 1. The number of piperazine rings is 1. The molecule has 0 amide bonds. The van der Waals surface area contributed by atoms with E-state index in [1.54, 1.807) is 0 Å². The van der Waals surface area contributed by atoms with Gasteiger partial charge in [0.2, 0.25) is 0 Å². The van der Waals surface area contributed by atoms with Crippen molar-refractivity contribution >= 4 is 12.4 Å². The van der Waals surface area contributed by atoms with Crippen molar-refractivity contribution < 1.29 is 0 Å². The predicted octanol–water partition coefficient (Wildman–Crippen LogP) is 2.46. The second-order valence-corrected chi connectivity index (χ2v) is 4.76. The van der Waals surface area contributed by atoms with Gasteiger partial charge in [0.1, 0.15) is 0 Å². The van der Waals surface area contributed by atoms with E-state index in [4.69, 9.17) is 0 Å². The van der Waals surface area contributed by atoms with E-state index in [2.05, 4.69) is 48.3 Å². The van der Waals surface area contributed by atoms with Gasteiger partial charge in [0, 0.05) is 32.2 Å². The largest absolute Gasteiger partial charge is 0.312 e. The molecular weight excluding hydrogens is 232 g/mol. The molecule has 1 heterocycles. The van der Waals surface area contributed by atoms with Gasteiger partial charge in [-0.2, -0.15) is 0 Å². The zero-order valence-corrected chi connectivity index (χ0v) is 11.6. The summed E-state index contributed by atoms with van der Waals surface area (Å²) in [6.07, 6.45) is 1.13. The van der Waals surface area contributed by atoms with Gasteiger partial charge in [-0.3, -0.25) is 4.90 Å². The number of hydrogen-bond donors (Lipinski definition) is 1. The summed E-state index contributed by atoms with van der Waals surface area (Å²) in [4.78, 5) is 2.53. The van der Waals surface area contributed by atoms with Crippen LogP contribution in [0.25, 0.3) is 0 Å². The van der Waals surface area contributed by atoms with Gasteiger partial charge >= 0.3 is 0 Å². The monoisotopic (exact) mass is 254 g/mol. The summed E-state index contributed by atoms with van der Waals surface area (Å²) in [7, 11) is 0. The molecule has 3 heteroatoms. The Labute approximate surface area is 111 Å². The second-order valence-electron chi connectivity index (χ2n) is 4.76. The summed E-state index contributed by atoms with van der Waals surface area (Å²) in [5.74, 6) is 0. The molecule has 1 unspecified atom stereocenters. The minimum absolute atomic E-state index is 0. The highest BCUT2D eigenvalue weighted by Gasteiger charge is 2.15. The highest BCUT2D eigenvalue weighted by molar-refractivity contribution is 5.85. The van der Waals surface area contributed by atoms with Gasteiger partial charge in [-0.1, -0.05) is 31.2 Å². The first-order valence-corrected chi connectivity index (χ1v) is 6.31. The Balaban J connectivity index is 0.00000144. The molecule has 0 aromatic heterocycles. The molecule has 0 bridgehead atoms. The molecule has 1 atom stereocenters. The van der Waals surface area contributed by atoms with Crippen molar-refractivity contribution in [1.29, 1.82) is 0 Å². The van der Waals surface area contributed by atoms with Crippen LogP contribution in [0.3, 0.4) is 0 Å². The number of benzene rings is 1. The van der Waals surface area contributed by atoms with Crippen LogP contribution in [0.15, 0.2) is 24.3 Å². The highest BCUT2D eigenvalue weighted by Crippen LogP contribution is 2.09. The quantitative estimate of drug-likeness (QED) is 0.892. The Morgan fingerprint density at radius 3 is 2.47 bits per heavy atom. The summed E-state index contributed by atoms with van der Waals surface area (Å²) >= 11 is 0. The molecule has 1 aliphatic heterocycles. The van der Waals surface area contributed by atoms with E-state index in [-0.39, 0.29) is 12.4 Å². The van der Waals surface area contributed by atoms with Crippen molar-refractivity contribution in [1.82, 2.24) is 10.2 Å². The standard InChI is InChI=1S/C14H22N2.ClH/c1-3-13-4-6-14(7-5-13)11-16-9-8-15-12(2)10-16;/h4-7,12,15H,3,8-11H2,1-2H3;1H. The van der Waals surface area contributed by atoms with Gasteiger partial charge in [-0.25, -0.2) is 0 Å². The van der Waals surface area contributed by atoms with Crippen molar-refractivity contribution in [2.24, 2.45) is 0 Å². The lowest BCUT2D eigenvalue weighted by Gasteiger charge is -2.31. The summed E-state index contributed by atoms with van der Waals surface area (Å²) in [5, 5.41) is 3.47. The van der Waals surface area contributed by atoms with Crippen LogP contribution >= 0.6 is 12.4 Å². The first-order chi connectivity index (χ1) is 7.78. The molecule has 0 radical (unpaired) electrons. The van der Waals surface area contributed by atoms with Gasteiger partial charge in [-0.05, 0) is 24.5 Å². The van der Waals surface area contributed by atoms with Crippen LogP contribution in [0.2, 0.25) is 0 Å². The Hall–Kier alpha value is -0.570. The summed E-state index contributed by atoms with van der Waals surface area (Å²) in [6.45, 7) is 9.00. The van der Waals surface area contributed by atoms with Crippen LogP contribution in [0.1, 0.15) is 25.0 Å². The summed E-state index contributed by atoms with van der Waals surface area (Å²) < 4.78 is 0. The van der Waals surface area contributed by atoms with E-state index in [9.17, 15) is 0 Å². The topological polar surface area (TPSA) is 15.3 Å². The maximum Gasteiger partial charge on any atom is 0.0234 e. The molecule has 1 fully saturated rings. The zero-order chi connectivity index (χ0) is 11.4. The van der Waals surface area contributed by atoms with Crippen molar-refractivity contribution in [3.05, 3.63) is 35.4 Å². The average molecular weight is 255 g/mol. The minimum atomic E-state index is 0. The number of aryl methyl sites for hydroxylation is 1. The third-order valence-electron chi connectivity index (χ3n) is 3.29. The smallest absolute Gasteiger partial charge is 0.0234 e. The predicted molar refractivity (Wildman–Crippen MR) is 75.8 cm³/mol. The maximum atomic E-state index is 3.47. The number of nitrogens with one attached hydrogen (secondary N) is 1. The third-order valence-corrected chi connectivity index (χ3v) is 3.29. The minimum Gasteiger partial charge on any atom is -0.312 e. The van der Waals surface area contributed by atoms with E-state index in [1.165, 1.54) is 17.7 Å². The molecule has 1 N–H and O–H groups in total. The molecule has 2 rings (SSSR count). The fraction of sp³-hybridized carbons (Fsp3) is 0.571. The molecule has 1 aliphatic rings. The lowest BCUT2D eigenvalue weighted by atomic mass is 10.1. The van der Waals surface area contributed by atoms with Crippen LogP contribution in [0, 0.1) is 0 Å². The van der Waals surface area contributed by atoms with E-state index < -0.39 is 0 Å². The van der Waals surface area contributed by atoms with Crippen LogP contribution in [-0.2, 0) is 13.0 Å². The highest BCUT2D eigenvalue weighted by atomic mass is 35.5. The maximum absolute atomic E-state index is 3.47. The van der Waals surface area contributed by atoms with Crippen molar-refractivity contribution in [3.8, 4) is 0 Å². The lowest BCUT2D eigenvalue weighted by molar-refractivity contribution is 0.199. The summed E-state index contributed by atoms with van der Waals surface area (Å²) in [5.41, 5.74) is 2.86.